The maximum Gasteiger partial charge on any atom is 0.393 e. The molecule has 128 valence electrons. The van der Waals surface area contributed by atoms with Crippen LogP contribution in [0.1, 0.15) is 30.6 Å². The predicted molar refractivity (Wildman–Crippen MR) is 88.3 cm³/mol. The average Bonchev–Trinajstić information content (AvgIpc) is 2.80. The predicted octanol–water partition coefficient (Wildman–Crippen LogP) is 3.90. The van der Waals surface area contributed by atoms with E-state index in [2.05, 4.69) is 15.3 Å². The first kappa shape index (κ1) is 18.2. The molecule has 0 saturated heterocycles. The van der Waals surface area contributed by atoms with E-state index in [-0.39, 0.29) is 29.4 Å². The SMILES string of the molecule is Cl.NC1CCCC(Nc2ncnc3sc(CC(F)(F)F)cc23)C1. The molecule has 2 atom stereocenters. The monoisotopic (exact) mass is 366 g/mol. The van der Waals surface area contributed by atoms with Gasteiger partial charge in [-0.05, 0) is 31.7 Å². The summed E-state index contributed by atoms with van der Waals surface area (Å²) in [7, 11) is 0. The first-order valence-corrected chi connectivity index (χ1v) is 8.04. The third-order valence-corrected chi connectivity index (χ3v) is 4.85. The number of nitrogens with zero attached hydrogens (tertiary/aromatic N) is 2. The van der Waals surface area contributed by atoms with Crippen molar-refractivity contribution < 1.29 is 13.2 Å². The van der Waals surface area contributed by atoms with E-state index in [9.17, 15) is 13.2 Å². The van der Waals surface area contributed by atoms with Gasteiger partial charge in [-0.2, -0.15) is 13.2 Å². The van der Waals surface area contributed by atoms with Crippen LogP contribution in [0.3, 0.4) is 0 Å². The van der Waals surface area contributed by atoms with Gasteiger partial charge in [-0.25, -0.2) is 9.97 Å². The Kier molecular flexibility index (Phi) is 5.70. The van der Waals surface area contributed by atoms with Gasteiger partial charge in [-0.3, -0.25) is 0 Å². The van der Waals surface area contributed by atoms with Gasteiger partial charge in [0.2, 0.25) is 0 Å². The Morgan fingerprint density at radius 1 is 1.30 bits per heavy atom. The normalized spacial score (nSPS) is 21.9. The molecule has 0 radical (unpaired) electrons. The van der Waals surface area contributed by atoms with Crippen LogP contribution in [0, 0.1) is 0 Å². The van der Waals surface area contributed by atoms with Crippen molar-refractivity contribution in [2.45, 2.75) is 50.4 Å². The zero-order valence-electron chi connectivity index (χ0n) is 12.3. The summed E-state index contributed by atoms with van der Waals surface area (Å²) in [5.41, 5.74) is 5.97. The van der Waals surface area contributed by atoms with Crippen LogP contribution in [-0.2, 0) is 6.42 Å². The summed E-state index contributed by atoms with van der Waals surface area (Å²) < 4.78 is 37.6. The smallest absolute Gasteiger partial charge is 0.367 e. The second-order valence-corrected chi connectivity index (χ2v) is 6.83. The Labute approximate surface area is 142 Å². The van der Waals surface area contributed by atoms with Gasteiger partial charge in [0, 0.05) is 17.0 Å². The summed E-state index contributed by atoms with van der Waals surface area (Å²) in [6.45, 7) is 0. The molecule has 1 aliphatic carbocycles. The highest BCUT2D eigenvalue weighted by molar-refractivity contribution is 7.18. The topological polar surface area (TPSA) is 63.8 Å². The van der Waals surface area contributed by atoms with E-state index >= 15 is 0 Å². The molecular formula is C14H18ClF3N4S. The Hall–Kier alpha value is -1.12. The van der Waals surface area contributed by atoms with E-state index in [0.717, 1.165) is 37.0 Å². The standard InChI is InChI=1S/C14H17F3N4S.ClH/c15-14(16,17)6-10-5-11-12(19-7-20-13(11)22-10)21-9-3-1-2-8(18)4-9;/h5,7-9H,1-4,6,18H2,(H,19,20,21);1H. The quantitative estimate of drug-likeness (QED) is 0.864. The van der Waals surface area contributed by atoms with Gasteiger partial charge >= 0.3 is 6.18 Å². The van der Waals surface area contributed by atoms with E-state index in [4.69, 9.17) is 5.73 Å². The lowest BCUT2D eigenvalue weighted by atomic mass is 9.91. The molecule has 0 spiro atoms. The number of anilines is 1. The molecule has 1 aliphatic rings. The number of halogens is 4. The molecule has 2 unspecified atom stereocenters. The van der Waals surface area contributed by atoms with Gasteiger partial charge in [0.05, 0.1) is 11.8 Å². The molecular weight excluding hydrogens is 349 g/mol. The van der Waals surface area contributed by atoms with Crippen LogP contribution < -0.4 is 11.1 Å². The number of fused-ring (bicyclic) bond motifs is 1. The van der Waals surface area contributed by atoms with E-state index in [0.29, 0.717) is 16.0 Å². The largest absolute Gasteiger partial charge is 0.393 e. The van der Waals surface area contributed by atoms with E-state index < -0.39 is 12.6 Å². The fraction of sp³-hybridized carbons (Fsp3) is 0.571. The molecule has 3 rings (SSSR count). The van der Waals surface area contributed by atoms with Crippen LogP contribution in [0.2, 0.25) is 0 Å². The van der Waals surface area contributed by atoms with Gasteiger partial charge in [0.1, 0.15) is 17.0 Å². The molecule has 0 aliphatic heterocycles. The van der Waals surface area contributed by atoms with Gasteiger partial charge < -0.3 is 11.1 Å². The molecule has 0 bridgehead atoms. The lowest BCUT2D eigenvalue weighted by Crippen LogP contribution is -2.35. The van der Waals surface area contributed by atoms with E-state index in [1.54, 1.807) is 6.07 Å². The maximum absolute atomic E-state index is 12.5. The second kappa shape index (κ2) is 7.19. The molecule has 0 amide bonds. The summed E-state index contributed by atoms with van der Waals surface area (Å²) in [4.78, 5) is 9.11. The van der Waals surface area contributed by atoms with Crippen LogP contribution >= 0.6 is 23.7 Å². The van der Waals surface area contributed by atoms with Crippen molar-refractivity contribution in [2.75, 3.05) is 5.32 Å². The van der Waals surface area contributed by atoms with Crippen LogP contribution in [0.15, 0.2) is 12.4 Å². The molecule has 9 heteroatoms. The Bertz CT molecular complexity index is 661. The third kappa shape index (κ3) is 4.68. The Morgan fingerprint density at radius 3 is 2.78 bits per heavy atom. The number of hydrogen-bond donors (Lipinski definition) is 2. The van der Waals surface area contributed by atoms with Crippen LogP contribution in [0.25, 0.3) is 10.2 Å². The highest BCUT2D eigenvalue weighted by Gasteiger charge is 2.29. The van der Waals surface area contributed by atoms with Crippen LogP contribution in [0.5, 0.6) is 0 Å². The third-order valence-electron chi connectivity index (χ3n) is 3.81. The van der Waals surface area contributed by atoms with Crippen molar-refractivity contribution in [3.63, 3.8) is 0 Å². The molecule has 3 N–H and O–H groups in total. The Balaban J connectivity index is 0.00000192. The zero-order chi connectivity index (χ0) is 15.7. The molecule has 23 heavy (non-hydrogen) atoms. The number of aromatic nitrogens is 2. The highest BCUT2D eigenvalue weighted by Crippen LogP contribution is 2.33. The lowest BCUT2D eigenvalue weighted by molar-refractivity contribution is -0.126. The van der Waals surface area contributed by atoms with Crippen LogP contribution in [-0.4, -0.2) is 28.2 Å². The lowest BCUT2D eigenvalue weighted by Gasteiger charge is -2.27. The fourth-order valence-electron chi connectivity index (χ4n) is 2.86. The number of nitrogens with one attached hydrogen (secondary N) is 1. The summed E-state index contributed by atoms with van der Waals surface area (Å²) in [5.74, 6) is 0.605. The number of thiophene rings is 1. The fourth-order valence-corrected chi connectivity index (χ4v) is 3.88. The first-order chi connectivity index (χ1) is 10.4. The zero-order valence-corrected chi connectivity index (χ0v) is 13.9. The molecule has 1 fully saturated rings. The summed E-state index contributed by atoms with van der Waals surface area (Å²) >= 11 is 1.07. The number of nitrogens with two attached hydrogens (primary N) is 1. The van der Waals surface area contributed by atoms with E-state index in [1.807, 2.05) is 0 Å². The Morgan fingerprint density at radius 2 is 2.09 bits per heavy atom. The molecule has 4 nitrogen and oxygen atoms in total. The van der Waals surface area contributed by atoms with Crippen molar-refractivity contribution in [3.05, 3.63) is 17.3 Å². The summed E-state index contributed by atoms with van der Waals surface area (Å²) in [6, 6.07) is 1.93. The molecule has 2 aromatic rings. The maximum atomic E-state index is 12.5. The van der Waals surface area contributed by atoms with E-state index in [1.165, 1.54) is 6.33 Å². The highest BCUT2D eigenvalue weighted by atomic mass is 35.5. The summed E-state index contributed by atoms with van der Waals surface area (Å²) in [5, 5.41) is 3.98. The van der Waals surface area contributed by atoms with Crippen molar-refractivity contribution in [1.82, 2.24) is 9.97 Å². The van der Waals surface area contributed by atoms with Gasteiger partial charge in [-0.1, -0.05) is 0 Å². The summed E-state index contributed by atoms with van der Waals surface area (Å²) in [6.07, 6.45) is 0.173. The van der Waals surface area contributed by atoms with Gasteiger partial charge in [0.15, 0.2) is 0 Å². The van der Waals surface area contributed by atoms with Crippen LogP contribution in [0.4, 0.5) is 19.0 Å². The average molecular weight is 367 g/mol. The molecule has 2 heterocycles. The minimum absolute atomic E-state index is 0. The first-order valence-electron chi connectivity index (χ1n) is 7.23. The van der Waals surface area contributed by atoms with Gasteiger partial charge in [0.25, 0.3) is 0 Å². The second-order valence-electron chi connectivity index (χ2n) is 5.71. The molecule has 0 aromatic carbocycles. The number of rotatable bonds is 3. The van der Waals surface area contributed by atoms with Crippen molar-refractivity contribution in [3.8, 4) is 0 Å². The van der Waals surface area contributed by atoms with Crippen molar-refractivity contribution in [1.29, 1.82) is 0 Å². The number of alkyl halides is 3. The number of hydrogen-bond acceptors (Lipinski definition) is 5. The van der Waals surface area contributed by atoms with Gasteiger partial charge in [-0.15, -0.1) is 23.7 Å². The minimum Gasteiger partial charge on any atom is -0.367 e. The minimum atomic E-state index is -4.21. The molecule has 2 aromatic heterocycles. The molecule has 1 saturated carbocycles. The van der Waals surface area contributed by atoms with Crippen molar-refractivity contribution >= 4 is 39.8 Å². The van der Waals surface area contributed by atoms with Crippen molar-refractivity contribution in [2.24, 2.45) is 5.73 Å².